The number of cyclic esters (lactones) is 1. The van der Waals surface area contributed by atoms with Crippen molar-refractivity contribution in [3.05, 3.63) is 29.8 Å². The van der Waals surface area contributed by atoms with Crippen molar-refractivity contribution in [2.24, 2.45) is 5.73 Å². The zero-order chi connectivity index (χ0) is 12.3. The Balaban J connectivity index is 2.15. The topological polar surface area (TPSA) is 55.6 Å². The number of aryl methyl sites for hydroxylation is 1. The lowest BCUT2D eigenvalue weighted by Gasteiger charge is -2.21. The maximum atomic E-state index is 11.7. The summed E-state index contributed by atoms with van der Waals surface area (Å²) in [5.41, 5.74) is 7.58. The maximum Gasteiger partial charge on any atom is 0.414 e. The van der Waals surface area contributed by atoms with Crippen LogP contribution in [0.5, 0.6) is 0 Å². The Morgan fingerprint density at radius 3 is 2.76 bits per heavy atom. The fourth-order valence-electron chi connectivity index (χ4n) is 2.05. The lowest BCUT2D eigenvalue weighted by Crippen LogP contribution is -2.33. The predicted octanol–water partition coefficient (Wildman–Crippen LogP) is 2.06. The first-order valence-corrected chi connectivity index (χ1v) is 5.95. The van der Waals surface area contributed by atoms with Gasteiger partial charge in [-0.05, 0) is 38.4 Å². The number of benzene rings is 1. The second-order valence-electron chi connectivity index (χ2n) is 4.37. The van der Waals surface area contributed by atoms with E-state index in [0.717, 1.165) is 18.5 Å². The highest BCUT2D eigenvalue weighted by atomic mass is 16.6. The molecule has 1 unspecified atom stereocenters. The number of amides is 1. The van der Waals surface area contributed by atoms with Crippen LogP contribution in [0.2, 0.25) is 0 Å². The second kappa shape index (κ2) is 5.19. The van der Waals surface area contributed by atoms with E-state index in [-0.39, 0.29) is 12.1 Å². The van der Waals surface area contributed by atoms with Gasteiger partial charge in [0, 0.05) is 5.69 Å². The van der Waals surface area contributed by atoms with Gasteiger partial charge in [0.1, 0.15) is 6.61 Å². The molecule has 1 saturated heterocycles. The summed E-state index contributed by atoms with van der Waals surface area (Å²) in [4.78, 5) is 13.4. The number of nitrogens with two attached hydrogens (primary N) is 1. The first-order chi connectivity index (χ1) is 8.22. The molecular weight excluding hydrogens is 216 g/mol. The van der Waals surface area contributed by atoms with Gasteiger partial charge < -0.3 is 10.5 Å². The third-order valence-electron chi connectivity index (χ3n) is 3.01. The van der Waals surface area contributed by atoms with Crippen LogP contribution >= 0.6 is 0 Å². The summed E-state index contributed by atoms with van der Waals surface area (Å²) < 4.78 is 5.11. The van der Waals surface area contributed by atoms with Gasteiger partial charge in [-0.3, -0.25) is 4.90 Å². The molecule has 4 nitrogen and oxygen atoms in total. The highest BCUT2D eigenvalue weighted by Gasteiger charge is 2.33. The van der Waals surface area contributed by atoms with Crippen molar-refractivity contribution < 1.29 is 9.53 Å². The Kier molecular flexibility index (Phi) is 3.64. The van der Waals surface area contributed by atoms with Crippen molar-refractivity contribution >= 4 is 11.8 Å². The van der Waals surface area contributed by atoms with Crippen molar-refractivity contribution in [1.29, 1.82) is 0 Å². The molecule has 1 amide bonds. The highest BCUT2D eigenvalue weighted by molar-refractivity contribution is 5.90. The van der Waals surface area contributed by atoms with Crippen LogP contribution in [0.1, 0.15) is 18.4 Å². The van der Waals surface area contributed by atoms with Crippen molar-refractivity contribution in [3.8, 4) is 0 Å². The van der Waals surface area contributed by atoms with Gasteiger partial charge in [0.2, 0.25) is 0 Å². The molecule has 1 aliphatic rings. The number of anilines is 1. The van der Waals surface area contributed by atoms with E-state index in [1.165, 1.54) is 5.56 Å². The van der Waals surface area contributed by atoms with E-state index in [1.54, 1.807) is 4.90 Å². The largest absolute Gasteiger partial charge is 0.447 e. The predicted molar refractivity (Wildman–Crippen MR) is 67.1 cm³/mol. The van der Waals surface area contributed by atoms with Crippen LogP contribution in [0.4, 0.5) is 10.5 Å². The monoisotopic (exact) mass is 234 g/mol. The molecule has 0 bridgehead atoms. The van der Waals surface area contributed by atoms with Gasteiger partial charge in [0.05, 0.1) is 6.04 Å². The average Bonchev–Trinajstić information content (AvgIpc) is 2.69. The van der Waals surface area contributed by atoms with E-state index in [0.29, 0.717) is 13.2 Å². The Morgan fingerprint density at radius 1 is 1.41 bits per heavy atom. The summed E-state index contributed by atoms with van der Waals surface area (Å²) in [6, 6.07) is 8.03. The molecule has 1 fully saturated rings. The minimum Gasteiger partial charge on any atom is -0.447 e. The van der Waals surface area contributed by atoms with E-state index >= 15 is 0 Å². The van der Waals surface area contributed by atoms with Gasteiger partial charge >= 0.3 is 6.09 Å². The van der Waals surface area contributed by atoms with E-state index in [1.807, 2.05) is 31.2 Å². The number of rotatable bonds is 4. The molecule has 1 aliphatic heterocycles. The molecule has 4 heteroatoms. The van der Waals surface area contributed by atoms with Gasteiger partial charge in [-0.15, -0.1) is 0 Å². The molecule has 0 aromatic heterocycles. The van der Waals surface area contributed by atoms with Crippen LogP contribution in [-0.4, -0.2) is 25.3 Å². The van der Waals surface area contributed by atoms with Gasteiger partial charge in [-0.2, -0.15) is 0 Å². The molecule has 2 rings (SSSR count). The quantitative estimate of drug-likeness (QED) is 0.867. The molecule has 2 N–H and O–H groups in total. The van der Waals surface area contributed by atoms with Gasteiger partial charge in [-0.25, -0.2) is 4.79 Å². The highest BCUT2D eigenvalue weighted by Crippen LogP contribution is 2.25. The summed E-state index contributed by atoms with van der Waals surface area (Å²) in [6.07, 6.45) is 1.54. The first-order valence-electron chi connectivity index (χ1n) is 5.95. The fourth-order valence-corrected chi connectivity index (χ4v) is 2.05. The molecule has 17 heavy (non-hydrogen) atoms. The molecule has 92 valence electrons. The number of hydrogen-bond acceptors (Lipinski definition) is 3. The molecule has 0 aliphatic carbocycles. The number of nitrogens with zero attached hydrogens (tertiary/aromatic N) is 1. The first kappa shape index (κ1) is 11.9. The number of hydrogen-bond donors (Lipinski definition) is 1. The summed E-state index contributed by atoms with van der Waals surface area (Å²) in [5, 5.41) is 0. The normalized spacial score (nSPS) is 19.5. The van der Waals surface area contributed by atoms with Crippen molar-refractivity contribution in [3.63, 3.8) is 0 Å². The molecule has 1 atom stereocenters. The zero-order valence-electron chi connectivity index (χ0n) is 10.1. The lowest BCUT2D eigenvalue weighted by atomic mass is 10.1. The van der Waals surface area contributed by atoms with Crippen LogP contribution in [0, 0.1) is 6.92 Å². The van der Waals surface area contributed by atoms with Crippen LogP contribution in [0.25, 0.3) is 0 Å². The van der Waals surface area contributed by atoms with Gasteiger partial charge in [0.15, 0.2) is 0 Å². The summed E-state index contributed by atoms with van der Waals surface area (Å²) in [5.74, 6) is 0. The molecule has 0 spiro atoms. The smallest absolute Gasteiger partial charge is 0.414 e. The van der Waals surface area contributed by atoms with Crippen molar-refractivity contribution in [2.45, 2.75) is 25.8 Å². The minimum absolute atomic E-state index is 0.119. The van der Waals surface area contributed by atoms with Crippen molar-refractivity contribution in [2.75, 3.05) is 18.1 Å². The third kappa shape index (κ3) is 2.58. The second-order valence-corrected chi connectivity index (χ2v) is 4.37. The SMILES string of the molecule is Cc1ccc(N2C(=O)OCC2CCCN)cc1. The summed E-state index contributed by atoms with van der Waals surface area (Å²) in [7, 11) is 0. The molecule has 1 aromatic rings. The van der Waals surface area contributed by atoms with E-state index in [2.05, 4.69) is 0 Å². The fraction of sp³-hybridized carbons (Fsp3) is 0.462. The molecule has 1 heterocycles. The van der Waals surface area contributed by atoms with Crippen LogP contribution in [0.3, 0.4) is 0 Å². The molecule has 0 radical (unpaired) electrons. The van der Waals surface area contributed by atoms with E-state index in [9.17, 15) is 4.79 Å². The van der Waals surface area contributed by atoms with Crippen LogP contribution in [-0.2, 0) is 4.74 Å². The van der Waals surface area contributed by atoms with E-state index in [4.69, 9.17) is 10.5 Å². The van der Waals surface area contributed by atoms with Crippen LogP contribution in [0.15, 0.2) is 24.3 Å². The van der Waals surface area contributed by atoms with Crippen LogP contribution < -0.4 is 10.6 Å². The molecular formula is C13H18N2O2. The molecule has 0 saturated carbocycles. The zero-order valence-corrected chi connectivity index (χ0v) is 10.1. The Bertz CT molecular complexity index is 389. The standard InChI is InChI=1S/C13H18N2O2/c1-10-4-6-11(7-5-10)15-12(3-2-8-14)9-17-13(15)16/h4-7,12H,2-3,8-9,14H2,1H3. The van der Waals surface area contributed by atoms with Gasteiger partial charge in [0.25, 0.3) is 0 Å². The van der Waals surface area contributed by atoms with Gasteiger partial charge in [-0.1, -0.05) is 17.7 Å². The summed E-state index contributed by atoms with van der Waals surface area (Å²) >= 11 is 0. The lowest BCUT2D eigenvalue weighted by molar-refractivity contribution is 0.178. The molecule has 1 aromatic carbocycles. The number of carbonyl (C=O) groups excluding carboxylic acids is 1. The third-order valence-corrected chi connectivity index (χ3v) is 3.01. The summed E-state index contributed by atoms with van der Waals surface area (Å²) in [6.45, 7) is 3.14. The van der Waals surface area contributed by atoms with Crippen molar-refractivity contribution in [1.82, 2.24) is 0 Å². The Hall–Kier alpha value is -1.55. The Morgan fingerprint density at radius 2 is 2.12 bits per heavy atom. The average molecular weight is 234 g/mol. The number of carbonyl (C=O) groups is 1. The Labute approximate surface area is 101 Å². The maximum absolute atomic E-state index is 11.7. The minimum atomic E-state index is -0.254. The number of ether oxygens (including phenoxy) is 1. The van der Waals surface area contributed by atoms with E-state index < -0.39 is 0 Å².